The third-order valence-corrected chi connectivity index (χ3v) is 25.1. The highest BCUT2D eigenvalue weighted by Gasteiger charge is 2.62. The molecule has 13 saturated heterocycles. The van der Waals surface area contributed by atoms with E-state index in [0.717, 1.165) is 0 Å². The molecule has 13 aliphatic heterocycles. The lowest BCUT2D eigenvalue weighted by molar-refractivity contribution is -0.404. The number of ether oxygens (including phenoxy) is 25. The third-order valence-electron chi connectivity index (χ3n) is 25.1. The fraction of sp³-hybridized carbons (Fsp3) is 1.00. The molecule has 0 spiro atoms. The van der Waals surface area contributed by atoms with Crippen LogP contribution in [0.5, 0.6) is 0 Å². The SMILES string of the molecule is OC[C@H]1O[C@@H](O[C@H]2[C@H](O)[C@@H](O)[C@H](O[C@H]3[C@H](O)[C@@H](O)[C@H](O[C@H]4[C@H](O)[C@@H](O)[C@H](O[C@H]5[C@H](O)[C@@H](O)[C@H](O[C@H]6[C@H](O)[C@@H](O)[C@H](O[C@H]7[C@H](O)[C@@H](O)[C@H](O[C@H]8[C@H](O)[C@@H](O)C(O)O[C@@H]8CO)O[C@@H]7CO[C@H]7OC[C@@H](O)[C@H](O)[C@H]7O)O[C@@H]6CO[C@H]6OC[C@@H](O)[C@H](O)[C@H]6O)O[C@@H]5CO[C@H]5OC[C@@H](O)[C@H](O)[C@@H]5O)O[C@@H]4CO)O[C@@H]3CO[C@H]3OC[C@@H](O)[C@H](O)[C@H]3O)O[C@@H]2CO[C@H]2OC[C@@H](O)[C@H](O)[C@H]2O)[C@H](O)[C@@H](O)[C@@H]1O. The van der Waals surface area contributed by atoms with E-state index in [-0.39, 0.29) is 0 Å². The predicted octanol–water partition coefficient (Wildman–Crippen LogP) is -26.1. The summed E-state index contributed by atoms with van der Waals surface area (Å²) in [7, 11) is 0. The monoisotopic (exact) mass is 1970 g/mol. The zero-order chi connectivity index (χ0) is 97.5. The molecule has 13 fully saturated rings. The second-order valence-electron chi connectivity index (χ2n) is 34.4. The van der Waals surface area contributed by atoms with Crippen molar-refractivity contribution in [3.63, 3.8) is 0 Å². The van der Waals surface area contributed by atoms with Crippen LogP contribution in [-0.2, 0) is 118 Å². The summed E-state index contributed by atoms with van der Waals surface area (Å²) in [6.45, 7) is -11.9. The number of hydrogen-bond donors (Lipinski definition) is 36. The normalized spacial score (nSPS) is 54.2. The molecule has 0 aromatic heterocycles. The molecule has 60 atom stereocenters. The minimum atomic E-state index is -2.58. The van der Waals surface area contributed by atoms with Crippen LogP contribution < -0.4 is 0 Å². The predicted molar refractivity (Wildman–Crippen MR) is 398 cm³/mol. The lowest BCUT2D eigenvalue weighted by Gasteiger charge is -2.50. The highest BCUT2D eigenvalue weighted by molar-refractivity contribution is 5.04. The molecule has 13 heterocycles. The van der Waals surface area contributed by atoms with Crippen molar-refractivity contribution >= 4 is 0 Å². The van der Waals surface area contributed by atoms with E-state index >= 15 is 0 Å². The molecule has 61 heteroatoms. The van der Waals surface area contributed by atoms with Crippen molar-refractivity contribution in [3.8, 4) is 0 Å². The average Bonchev–Trinajstić information content (AvgIpc) is 0.762. The second-order valence-corrected chi connectivity index (χ2v) is 34.4. The quantitative estimate of drug-likeness (QED) is 0.0297. The van der Waals surface area contributed by atoms with Crippen LogP contribution >= 0.6 is 0 Å². The molecule has 780 valence electrons. The van der Waals surface area contributed by atoms with Gasteiger partial charge in [0.25, 0.3) is 0 Å². The molecule has 13 aliphatic rings. The lowest BCUT2D eigenvalue weighted by Crippen LogP contribution is -2.69. The summed E-state index contributed by atoms with van der Waals surface area (Å²) in [6, 6.07) is 0. The lowest BCUT2D eigenvalue weighted by atomic mass is 9.95. The van der Waals surface area contributed by atoms with E-state index in [9.17, 15) is 184 Å². The van der Waals surface area contributed by atoms with Crippen LogP contribution in [0.3, 0.4) is 0 Å². The molecular weight excluding hydrogens is 1850 g/mol. The van der Waals surface area contributed by atoms with Gasteiger partial charge in [-0.25, -0.2) is 0 Å². The number of aliphatic hydroxyl groups is 36. The van der Waals surface area contributed by atoms with Crippen molar-refractivity contribution in [2.75, 3.05) is 85.9 Å². The Morgan fingerprint density at radius 3 is 0.530 bits per heavy atom. The highest BCUT2D eigenvalue weighted by atomic mass is 16.8. The zero-order valence-electron chi connectivity index (χ0n) is 70.1. The minimum Gasteiger partial charge on any atom is -0.394 e. The Balaban J connectivity index is 0.735. The third kappa shape index (κ3) is 23.5. The molecule has 0 amide bonds. The van der Waals surface area contributed by atoms with Crippen LogP contribution in [0.1, 0.15) is 0 Å². The summed E-state index contributed by atoms with van der Waals surface area (Å²) >= 11 is 0. The van der Waals surface area contributed by atoms with E-state index in [2.05, 4.69) is 0 Å². The van der Waals surface area contributed by atoms with E-state index in [0.29, 0.717) is 0 Å². The maximum Gasteiger partial charge on any atom is 0.187 e. The van der Waals surface area contributed by atoms with Crippen molar-refractivity contribution in [2.24, 2.45) is 0 Å². The summed E-state index contributed by atoms with van der Waals surface area (Å²) in [5.74, 6) is 0. The van der Waals surface area contributed by atoms with Gasteiger partial charge in [0.05, 0.1) is 85.9 Å². The summed E-state index contributed by atoms with van der Waals surface area (Å²) in [4.78, 5) is 0. The Hall–Kier alpha value is -2.44. The first-order valence-electron chi connectivity index (χ1n) is 42.8. The first-order valence-corrected chi connectivity index (χ1v) is 42.8. The summed E-state index contributed by atoms with van der Waals surface area (Å²) < 4.78 is 144. The average molecular weight is 1980 g/mol. The van der Waals surface area contributed by atoms with Crippen LogP contribution in [0.15, 0.2) is 0 Å². The molecule has 0 bridgehead atoms. The largest absolute Gasteiger partial charge is 0.394 e. The van der Waals surface area contributed by atoms with Crippen molar-refractivity contribution in [1.82, 2.24) is 0 Å². The molecule has 134 heavy (non-hydrogen) atoms. The van der Waals surface area contributed by atoms with Crippen molar-refractivity contribution in [1.29, 1.82) is 0 Å². The molecule has 0 saturated carbocycles. The molecule has 0 aromatic rings. The van der Waals surface area contributed by atoms with E-state index in [4.69, 9.17) is 118 Å². The van der Waals surface area contributed by atoms with Crippen LogP contribution in [0.2, 0.25) is 0 Å². The second kappa shape index (κ2) is 47.2. The van der Waals surface area contributed by atoms with E-state index < -0.39 is 455 Å². The van der Waals surface area contributed by atoms with Gasteiger partial charge in [-0.05, 0) is 0 Å². The first-order chi connectivity index (χ1) is 63.5. The maximum absolute atomic E-state index is 12.3. The highest BCUT2D eigenvalue weighted by Crippen LogP contribution is 2.42. The Kier molecular flexibility index (Phi) is 38.3. The molecule has 0 aromatic carbocycles. The Morgan fingerprint density at radius 2 is 0.321 bits per heavy atom. The van der Waals surface area contributed by atoms with Gasteiger partial charge >= 0.3 is 0 Å². The molecule has 61 nitrogen and oxygen atoms in total. The standard InChI is InChI=1S/C73H122O61/c74-1-19-32(87)33(88)47(102)67(121-19)130-56-22(9-115-62-42(97)27(82)14(77)4-110-62)125-71(51(106)38(56)93)133-59-25(12-118-65-45(100)30(85)17(80)7-113-65)124-70(50(105)37(59)92)129-55-21(3-76)122-68(48(103)35(55)90)131-57-23(10-116-63-43(98)28(83)15(78)5-111-63)126-72(52(107)39(57)94)134-60-26(13-119-66-46(101)31(86)18(81)8-114-66)127-73(53(108)40(60)95)132-58-24(11-117-64-44(99)29(84)16(79)6-112-64)123-69(49(104)36(58)91)128-54-20(2-75)120-61(109)41(96)34(54)89/h14-109H,1-13H2/t14-,15-,16-,17-,18-,19-,20-,21-,22-,23-,24-,25-,26-,27+,28+,29+,30+,31+,32-,33+,34-,35-,36-,37-,38-,39-,40-,41-,42-,43+,44-,45-,46-,47-,48-,49-,50-,51-,52-,53-,54-,55-,56-,57-,58-,59-,60-,61?,62-,63-,64-,65-,66-,67+,68+,69+,70+,71+,72+,73+/m1/s1. The van der Waals surface area contributed by atoms with Gasteiger partial charge in [-0.15, -0.1) is 0 Å². The smallest absolute Gasteiger partial charge is 0.187 e. The van der Waals surface area contributed by atoms with Gasteiger partial charge in [-0.1, -0.05) is 0 Å². The summed E-state index contributed by atoms with van der Waals surface area (Å²) in [5.41, 5.74) is 0. The van der Waals surface area contributed by atoms with Crippen LogP contribution in [0, 0.1) is 0 Å². The van der Waals surface area contributed by atoms with Crippen LogP contribution in [0.25, 0.3) is 0 Å². The molecule has 1 unspecified atom stereocenters. The van der Waals surface area contributed by atoms with Gasteiger partial charge < -0.3 is 302 Å². The van der Waals surface area contributed by atoms with Gasteiger partial charge in [0.15, 0.2) is 81.8 Å². The Labute approximate surface area is 754 Å². The summed E-state index contributed by atoms with van der Waals surface area (Å²) in [5, 5.41) is 397. The van der Waals surface area contributed by atoms with Crippen LogP contribution in [0.4, 0.5) is 0 Å². The zero-order valence-corrected chi connectivity index (χ0v) is 70.1. The molecule has 13 rings (SSSR count). The number of rotatable bonds is 32. The Bertz CT molecular complexity index is 3510. The van der Waals surface area contributed by atoms with Crippen molar-refractivity contribution in [3.05, 3.63) is 0 Å². The number of aliphatic hydroxyl groups excluding tert-OH is 36. The minimum absolute atomic E-state index is 0.625. The molecule has 36 N–H and O–H groups in total. The van der Waals surface area contributed by atoms with Gasteiger partial charge in [-0.2, -0.15) is 0 Å². The van der Waals surface area contributed by atoms with E-state index in [1.54, 1.807) is 0 Å². The fourth-order valence-electron chi connectivity index (χ4n) is 17.0. The van der Waals surface area contributed by atoms with Gasteiger partial charge in [0.1, 0.15) is 287 Å². The molecule has 0 aliphatic carbocycles. The first kappa shape index (κ1) is 109. The topological polar surface area (TPSA) is 959 Å². The summed E-state index contributed by atoms with van der Waals surface area (Å²) in [6.07, 6.45) is -127. The van der Waals surface area contributed by atoms with Gasteiger partial charge in [0, 0.05) is 0 Å². The van der Waals surface area contributed by atoms with Gasteiger partial charge in [-0.3, -0.25) is 0 Å². The van der Waals surface area contributed by atoms with E-state index in [1.807, 2.05) is 0 Å². The fourth-order valence-corrected chi connectivity index (χ4v) is 17.0. The van der Waals surface area contributed by atoms with Crippen molar-refractivity contribution in [2.45, 2.75) is 369 Å². The number of hydrogen-bond acceptors (Lipinski definition) is 61. The van der Waals surface area contributed by atoms with E-state index in [1.165, 1.54) is 0 Å². The van der Waals surface area contributed by atoms with Gasteiger partial charge in [0.2, 0.25) is 0 Å². The molecule has 0 radical (unpaired) electrons. The molecular formula is C73H122O61. The van der Waals surface area contributed by atoms with Crippen molar-refractivity contribution < 1.29 is 302 Å². The Morgan fingerprint density at radius 1 is 0.157 bits per heavy atom. The van der Waals surface area contributed by atoms with Crippen LogP contribution in [-0.4, -0.2) is 638 Å². The maximum atomic E-state index is 12.3.